The molecular weight excluding hydrogens is 252 g/mol. The van der Waals surface area contributed by atoms with Crippen LogP contribution in [0, 0.1) is 0 Å². The van der Waals surface area contributed by atoms with Crippen molar-refractivity contribution in [2.24, 2.45) is 0 Å². The molecule has 0 bridgehead atoms. The van der Waals surface area contributed by atoms with Crippen molar-refractivity contribution in [2.75, 3.05) is 39.3 Å². The Morgan fingerprint density at radius 3 is 2.53 bits per heavy atom. The maximum Gasteiger partial charge on any atom is 0.328 e. The number of carbonyl (C=O) groups excluding carboxylic acids is 1. The summed E-state index contributed by atoms with van der Waals surface area (Å²) in [7, 11) is 0. The minimum atomic E-state index is -1.29. The molecule has 1 rings (SSSR count). The van der Waals surface area contributed by atoms with Crippen LogP contribution >= 0.6 is 0 Å². The topological polar surface area (TPSA) is 114 Å². The predicted molar refractivity (Wildman–Crippen MR) is 68.9 cm³/mol. The third-order valence-corrected chi connectivity index (χ3v) is 2.96. The lowest BCUT2D eigenvalue weighted by Crippen LogP contribution is -2.52. The van der Waals surface area contributed by atoms with Gasteiger partial charge in [-0.15, -0.1) is 0 Å². The molecule has 0 spiro atoms. The van der Waals surface area contributed by atoms with Crippen molar-refractivity contribution in [1.82, 2.24) is 20.9 Å². The minimum absolute atomic E-state index is 0.442. The summed E-state index contributed by atoms with van der Waals surface area (Å²) in [5.74, 6) is -1.26. The molecule has 110 valence electrons. The molecule has 8 heteroatoms. The van der Waals surface area contributed by atoms with E-state index in [1.807, 2.05) is 0 Å². The van der Waals surface area contributed by atoms with E-state index in [-0.39, 0.29) is 0 Å². The number of carboxylic acids is 1. The minimum Gasteiger partial charge on any atom is -0.480 e. The number of rotatable bonds is 6. The van der Waals surface area contributed by atoms with Crippen molar-refractivity contribution in [1.29, 1.82) is 0 Å². The molecule has 1 aliphatic rings. The number of nitrogens with zero attached hydrogens (tertiary/aromatic N) is 1. The predicted octanol–water partition coefficient (Wildman–Crippen LogP) is -1.98. The van der Waals surface area contributed by atoms with Crippen LogP contribution in [-0.4, -0.2) is 78.5 Å². The third kappa shape index (κ3) is 5.86. The highest BCUT2D eigenvalue weighted by Gasteiger charge is 2.24. The number of amides is 2. The molecule has 0 aromatic rings. The monoisotopic (exact) mass is 274 g/mol. The number of carboxylic acid groups (broad SMARTS) is 1. The average molecular weight is 274 g/mol. The zero-order valence-corrected chi connectivity index (χ0v) is 11.1. The molecule has 5 N–H and O–H groups in total. The van der Waals surface area contributed by atoms with E-state index in [4.69, 9.17) is 5.11 Å². The number of aliphatic hydroxyl groups is 1. The summed E-state index contributed by atoms with van der Waals surface area (Å²) in [6, 6.07) is -1.87. The molecule has 0 radical (unpaired) electrons. The van der Waals surface area contributed by atoms with E-state index in [0.717, 1.165) is 32.7 Å². The van der Waals surface area contributed by atoms with Gasteiger partial charge in [0.1, 0.15) is 0 Å². The normalized spacial score (nSPS) is 19.5. The zero-order valence-electron chi connectivity index (χ0n) is 11.1. The second-order valence-corrected chi connectivity index (χ2v) is 4.55. The van der Waals surface area contributed by atoms with Crippen LogP contribution < -0.4 is 16.0 Å². The first-order valence-electron chi connectivity index (χ1n) is 6.39. The molecule has 0 aromatic heterocycles. The second-order valence-electron chi connectivity index (χ2n) is 4.55. The summed E-state index contributed by atoms with van der Waals surface area (Å²) in [6.45, 7) is 6.24. The summed E-state index contributed by atoms with van der Waals surface area (Å²) in [5.41, 5.74) is 0. The van der Waals surface area contributed by atoms with Gasteiger partial charge in [0.25, 0.3) is 0 Å². The highest BCUT2D eigenvalue weighted by atomic mass is 16.4. The SMILES string of the molecule is C[C@@H](O)[C@H](NC(=O)NCCN1CCNCC1)C(=O)O. The van der Waals surface area contributed by atoms with Crippen molar-refractivity contribution in [3.8, 4) is 0 Å². The van der Waals surface area contributed by atoms with Crippen LogP contribution in [0.15, 0.2) is 0 Å². The molecule has 0 aromatic carbocycles. The lowest BCUT2D eigenvalue weighted by molar-refractivity contribution is -0.141. The van der Waals surface area contributed by atoms with E-state index in [1.54, 1.807) is 0 Å². The van der Waals surface area contributed by atoms with Crippen molar-refractivity contribution in [3.05, 3.63) is 0 Å². The molecule has 8 nitrogen and oxygen atoms in total. The van der Waals surface area contributed by atoms with Crippen LogP contribution in [-0.2, 0) is 4.79 Å². The molecule has 1 aliphatic heterocycles. The van der Waals surface area contributed by atoms with Gasteiger partial charge in [-0.1, -0.05) is 0 Å². The Kier molecular flexibility index (Phi) is 6.54. The van der Waals surface area contributed by atoms with Crippen LogP contribution in [0.25, 0.3) is 0 Å². The van der Waals surface area contributed by atoms with Gasteiger partial charge >= 0.3 is 12.0 Å². The van der Waals surface area contributed by atoms with E-state index in [2.05, 4.69) is 20.9 Å². The largest absolute Gasteiger partial charge is 0.480 e. The maximum absolute atomic E-state index is 11.5. The van der Waals surface area contributed by atoms with Gasteiger partial charge in [0.2, 0.25) is 0 Å². The van der Waals surface area contributed by atoms with Gasteiger partial charge in [-0.2, -0.15) is 0 Å². The van der Waals surface area contributed by atoms with Crippen molar-refractivity contribution in [2.45, 2.75) is 19.1 Å². The van der Waals surface area contributed by atoms with E-state index in [9.17, 15) is 14.7 Å². The number of nitrogens with one attached hydrogen (secondary N) is 3. The molecule has 0 saturated carbocycles. The summed E-state index contributed by atoms with van der Waals surface area (Å²) in [6.07, 6.45) is -1.14. The van der Waals surface area contributed by atoms with Gasteiger partial charge < -0.3 is 26.2 Å². The van der Waals surface area contributed by atoms with Gasteiger partial charge in [-0.05, 0) is 6.92 Å². The van der Waals surface area contributed by atoms with Gasteiger partial charge in [-0.25, -0.2) is 9.59 Å². The molecule has 1 heterocycles. The molecule has 1 fully saturated rings. The number of urea groups is 1. The Morgan fingerprint density at radius 2 is 2.00 bits per heavy atom. The highest BCUT2D eigenvalue weighted by molar-refractivity contribution is 5.82. The van der Waals surface area contributed by atoms with E-state index in [1.165, 1.54) is 6.92 Å². The Balaban J connectivity index is 2.21. The molecular formula is C11H22N4O4. The Labute approximate surface area is 112 Å². The number of hydrogen-bond donors (Lipinski definition) is 5. The second kappa shape index (κ2) is 7.93. The molecule has 0 aliphatic carbocycles. The zero-order chi connectivity index (χ0) is 14.3. The van der Waals surface area contributed by atoms with Gasteiger partial charge in [0.15, 0.2) is 6.04 Å². The number of aliphatic carboxylic acids is 1. The standard InChI is InChI=1S/C11H22N4O4/c1-8(16)9(10(17)18)14-11(19)13-4-7-15-5-2-12-3-6-15/h8-9,12,16H,2-7H2,1H3,(H,17,18)(H2,13,14,19)/t8-,9+/m1/s1. The van der Waals surface area contributed by atoms with Crippen molar-refractivity contribution in [3.63, 3.8) is 0 Å². The quantitative estimate of drug-likeness (QED) is 0.384. The van der Waals surface area contributed by atoms with Gasteiger partial charge in [0.05, 0.1) is 6.10 Å². The molecule has 1 saturated heterocycles. The maximum atomic E-state index is 11.5. The Hall–Kier alpha value is -1.38. The molecule has 0 unspecified atom stereocenters. The van der Waals surface area contributed by atoms with Crippen molar-refractivity contribution < 1.29 is 19.8 Å². The fourth-order valence-electron chi connectivity index (χ4n) is 1.84. The fourth-order valence-corrected chi connectivity index (χ4v) is 1.84. The van der Waals surface area contributed by atoms with Crippen LogP contribution in [0.3, 0.4) is 0 Å². The first-order chi connectivity index (χ1) is 9.00. The first-order valence-corrected chi connectivity index (χ1v) is 6.39. The summed E-state index contributed by atoms with van der Waals surface area (Å²) in [5, 5.41) is 26.1. The Morgan fingerprint density at radius 1 is 1.37 bits per heavy atom. The van der Waals surface area contributed by atoms with Crippen LogP contribution in [0.5, 0.6) is 0 Å². The lowest BCUT2D eigenvalue weighted by Gasteiger charge is -2.27. The van der Waals surface area contributed by atoms with E-state index in [0.29, 0.717) is 6.54 Å². The lowest BCUT2D eigenvalue weighted by atomic mass is 10.2. The summed E-state index contributed by atoms with van der Waals surface area (Å²) in [4.78, 5) is 24.5. The third-order valence-electron chi connectivity index (χ3n) is 2.96. The number of aliphatic hydroxyl groups excluding tert-OH is 1. The van der Waals surface area contributed by atoms with E-state index >= 15 is 0 Å². The van der Waals surface area contributed by atoms with Crippen LogP contribution in [0.4, 0.5) is 4.79 Å². The number of hydrogen-bond acceptors (Lipinski definition) is 5. The van der Waals surface area contributed by atoms with Crippen LogP contribution in [0.2, 0.25) is 0 Å². The summed E-state index contributed by atoms with van der Waals surface area (Å²) < 4.78 is 0. The van der Waals surface area contributed by atoms with E-state index < -0.39 is 24.1 Å². The average Bonchev–Trinajstić information content (AvgIpc) is 2.36. The molecule has 19 heavy (non-hydrogen) atoms. The van der Waals surface area contributed by atoms with Gasteiger partial charge in [0, 0.05) is 39.3 Å². The fraction of sp³-hybridized carbons (Fsp3) is 0.818. The van der Waals surface area contributed by atoms with Crippen LogP contribution in [0.1, 0.15) is 6.92 Å². The number of piperazine rings is 1. The van der Waals surface area contributed by atoms with Crippen molar-refractivity contribution >= 4 is 12.0 Å². The first kappa shape index (κ1) is 15.7. The summed E-state index contributed by atoms with van der Waals surface area (Å²) >= 11 is 0. The molecule has 2 amide bonds. The number of carbonyl (C=O) groups is 2. The molecule has 2 atom stereocenters. The van der Waals surface area contributed by atoms with Gasteiger partial charge in [-0.3, -0.25) is 4.90 Å². The smallest absolute Gasteiger partial charge is 0.328 e. The Bertz CT molecular complexity index is 305. The highest BCUT2D eigenvalue weighted by Crippen LogP contribution is 1.93.